The fourth-order valence-corrected chi connectivity index (χ4v) is 1.70. The summed E-state index contributed by atoms with van der Waals surface area (Å²) in [4.78, 5) is 12.1. The normalized spacial score (nSPS) is 18.8. The molecule has 1 aromatic rings. The predicted octanol–water partition coefficient (Wildman–Crippen LogP) is 0.833. The van der Waals surface area contributed by atoms with Gasteiger partial charge in [-0.05, 0) is 19.3 Å². The van der Waals surface area contributed by atoms with E-state index in [1.165, 1.54) is 0 Å². The molecule has 100 valence electrons. The van der Waals surface area contributed by atoms with E-state index in [4.69, 9.17) is 15.2 Å². The number of hydrogen-bond acceptors (Lipinski definition) is 7. The van der Waals surface area contributed by atoms with Crippen LogP contribution in [-0.4, -0.2) is 40.8 Å². The summed E-state index contributed by atoms with van der Waals surface area (Å²) in [6.07, 6.45) is 3.21. The second-order valence-corrected chi connectivity index (χ2v) is 4.17. The van der Waals surface area contributed by atoms with Crippen LogP contribution in [0, 0.1) is 0 Å². The zero-order valence-corrected chi connectivity index (χ0v) is 10.6. The molecule has 1 saturated heterocycles. The van der Waals surface area contributed by atoms with Crippen LogP contribution in [0.5, 0.6) is 6.01 Å². The second-order valence-electron chi connectivity index (χ2n) is 4.17. The Hall–Kier alpha value is -1.63. The van der Waals surface area contributed by atoms with Gasteiger partial charge in [0.1, 0.15) is 6.61 Å². The summed E-state index contributed by atoms with van der Waals surface area (Å²) >= 11 is 0. The van der Waals surface area contributed by atoms with E-state index in [2.05, 4.69) is 27.2 Å². The monoisotopic (exact) mass is 253 g/mol. The van der Waals surface area contributed by atoms with Gasteiger partial charge in [-0.25, -0.2) is 0 Å². The number of rotatable bonds is 6. The second kappa shape index (κ2) is 6.34. The number of anilines is 2. The summed E-state index contributed by atoms with van der Waals surface area (Å²) in [5, 5.41) is 3.05. The van der Waals surface area contributed by atoms with Gasteiger partial charge in [0.2, 0.25) is 11.9 Å². The van der Waals surface area contributed by atoms with Gasteiger partial charge in [0.05, 0.1) is 6.10 Å². The Kier molecular flexibility index (Phi) is 4.52. The maximum Gasteiger partial charge on any atom is 0.323 e. The molecule has 1 aliphatic heterocycles. The number of nitrogen functional groups attached to an aromatic ring is 1. The number of nitrogens with two attached hydrogens (primary N) is 1. The van der Waals surface area contributed by atoms with Crippen molar-refractivity contribution in [3.8, 4) is 6.01 Å². The number of ether oxygens (including phenoxy) is 2. The van der Waals surface area contributed by atoms with E-state index in [1.807, 2.05) is 0 Å². The zero-order chi connectivity index (χ0) is 12.8. The third kappa shape index (κ3) is 3.69. The van der Waals surface area contributed by atoms with Gasteiger partial charge in [-0.1, -0.05) is 6.92 Å². The molecule has 0 aliphatic carbocycles. The Bertz CT molecular complexity index is 382. The maximum atomic E-state index is 5.60. The molecule has 18 heavy (non-hydrogen) atoms. The molecule has 0 amide bonds. The molecule has 0 saturated carbocycles. The number of nitrogens with zero attached hydrogens (tertiary/aromatic N) is 3. The molecule has 2 rings (SSSR count). The Balaban J connectivity index is 1.91. The highest BCUT2D eigenvalue weighted by Gasteiger charge is 2.17. The first-order chi connectivity index (χ1) is 8.78. The van der Waals surface area contributed by atoms with Gasteiger partial charge in [-0.15, -0.1) is 0 Å². The van der Waals surface area contributed by atoms with Crippen LogP contribution in [0.15, 0.2) is 0 Å². The fourth-order valence-electron chi connectivity index (χ4n) is 1.70. The summed E-state index contributed by atoms with van der Waals surface area (Å²) in [6, 6.07) is 0.247. The maximum absolute atomic E-state index is 5.60. The Labute approximate surface area is 106 Å². The minimum atomic E-state index is 0.134. The molecule has 2 heterocycles. The van der Waals surface area contributed by atoms with Crippen LogP contribution in [-0.2, 0) is 4.74 Å². The van der Waals surface area contributed by atoms with Crippen molar-refractivity contribution in [2.24, 2.45) is 0 Å². The Morgan fingerprint density at radius 2 is 2.33 bits per heavy atom. The molecule has 1 unspecified atom stereocenters. The molecule has 1 fully saturated rings. The molecule has 7 nitrogen and oxygen atoms in total. The fraction of sp³-hybridized carbons (Fsp3) is 0.727. The molecule has 0 radical (unpaired) electrons. The highest BCUT2D eigenvalue weighted by atomic mass is 16.5. The van der Waals surface area contributed by atoms with E-state index in [9.17, 15) is 0 Å². The zero-order valence-electron chi connectivity index (χ0n) is 10.6. The van der Waals surface area contributed by atoms with Crippen molar-refractivity contribution in [2.45, 2.75) is 32.3 Å². The lowest BCUT2D eigenvalue weighted by atomic mass is 10.2. The SMILES string of the molecule is CCCNc1nc(N)nc(OCC2CCCO2)n1. The quantitative estimate of drug-likeness (QED) is 0.775. The van der Waals surface area contributed by atoms with Crippen molar-refractivity contribution in [2.75, 3.05) is 30.8 Å². The van der Waals surface area contributed by atoms with Crippen molar-refractivity contribution in [1.29, 1.82) is 0 Å². The lowest BCUT2D eigenvalue weighted by molar-refractivity contribution is 0.0645. The third-order valence-corrected chi connectivity index (χ3v) is 2.59. The molecule has 7 heteroatoms. The first-order valence-corrected chi connectivity index (χ1v) is 6.27. The molecule has 1 aliphatic rings. The molecular weight excluding hydrogens is 234 g/mol. The summed E-state index contributed by atoms with van der Waals surface area (Å²) in [5.74, 6) is 0.609. The smallest absolute Gasteiger partial charge is 0.323 e. The summed E-state index contributed by atoms with van der Waals surface area (Å²) in [5.41, 5.74) is 5.60. The number of hydrogen-bond donors (Lipinski definition) is 2. The van der Waals surface area contributed by atoms with Crippen molar-refractivity contribution < 1.29 is 9.47 Å². The lowest BCUT2D eigenvalue weighted by Crippen LogP contribution is -2.18. The summed E-state index contributed by atoms with van der Waals surface area (Å²) < 4.78 is 10.9. The van der Waals surface area contributed by atoms with Gasteiger partial charge in [-0.3, -0.25) is 0 Å². The first kappa shape index (κ1) is 12.8. The third-order valence-electron chi connectivity index (χ3n) is 2.59. The van der Waals surface area contributed by atoms with E-state index in [-0.39, 0.29) is 18.1 Å². The van der Waals surface area contributed by atoms with E-state index in [0.717, 1.165) is 32.4 Å². The van der Waals surface area contributed by atoms with E-state index < -0.39 is 0 Å². The highest BCUT2D eigenvalue weighted by molar-refractivity contribution is 5.32. The Morgan fingerprint density at radius 1 is 1.44 bits per heavy atom. The molecular formula is C11H19N5O2. The van der Waals surface area contributed by atoms with Crippen LogP contribution < -0.4 is 15.8 Å². The molecule has 3 N–H and O–H groups in total. The van der Waals surface area contributed by atoms with Crippen LogP contribution in [0.2, 0.25) is 0 Å². The van der Waals surface area contributed by atoms with Gasteiger partial charge in [0, 0.05) is 13.2 Å². The van der Waals surface area contributed by atoms with Gasteiger partial charge >= 0.3 is 6.01 Å². The molecule has 1 atom stereocenters. The van der Waals surface area contributed by atoms with Crippen molar-refractivity contribution >= 4 is 11.9 Å². The van der Waals surface area contributed by atoms with Gasteiger partial charge < -0.3 is 20.5 Å². The van der Waals surface area contributed by atoms with Gasteiger partial charge in [-0.2, -0.15) is 15.0 Å². The topological polar surface area (TPSA) is 95.2 Å². The number of nitrogens with one attached hydrogen (secondary N) is 1. The predicted molar refractivity (Wildman–Crippen MR) is 67.5 cm³/mol. The first-order valence-electron chi connectivity index (χ1n) is 6.27. The highest BCUT2D eigenvalue weighted by Crippen LogP contribution is 2.14. The average molecular weight is 253 g/mol. The van der Waals surface area contributed by atoms with Crippen molar-refractivity contribution in [3.05, 3.63) is 0 Å². The van der Waals surface area contributed by atoms with E-state index in [0.29, 0.717) is 12.6 Å². The van der Waals surface area contributed by atoms with Gasteiger partial charge in [0.25, 0.3) is 0 Å². The van der Waals surface area contributed by atoms with Crippen LogP contribution in [0.4, 0.5) is 11.9 Å². The van der Waals surface area contributed by atoms with Crippen LogP contribution in [0.1, 0.15) is 26.2 Å². The van der Waals surface area contributed by atoms with Crippen LogP contribution in [0.3, 0.4) is 0 Å². The summed E-state index contributed by atoms with van der Waals surface area (Å²) in [7, 11) is 0. The van der Waals surface area contributed by atoms with Crippen molar-refractivity contribution in [3.63, 3.8) is 0 Å². The van der Waals surface area contributed by atoms with E-state index in [1.54, 1.807) is 0 Å². The minimum absolute atomic E-state index is 0.134. The Morgan fingerprint density at radius 3 is 3.06 bits per heavy atom. The molecule has 0 spiro atoms. The minimum Gasteiger partial charge on any atom is -0.461 e. The van der Waals surface area contributed by atoms with Gasteiger partial charge in [0.15, 0.2) is 0 Å². The molecule has 1 aromatic heterocycles. The largest absolute Gasteiger partial charge is 0.461 e. The standard InChI is InChI=1S/C11H19N5O2/c1-2-5-13-10-14-9(12)15-11(16-10)18-7-8-4-3-6-17-8/h8H,2-7H2,1H3,(H3,12,13,14,15,16). The molecule has 0 bridgehead atoms. The molecule has 0 aromatic carbocycles. The average Bonchev–Trinajstić information content (AvgIpc) is 2.86. The van der Waals surface area contributed by atoms with Crippen LogP contribution in [0.25, 0.3) is 0 Å². The number of aromatic nitrogens is 3. The lowest BCUT2D eigenvalue weighted by Gasteiger charge is -2.11. The van der Waals surface area contributed by atoms with Crippen molar-refractivity contribution in [1.82, 2.24) is 15.0 Å². The summed E-state index contributed by atoms with van der Waals surface area (Å²) in [6.45, 7) is 4.11. The van der Waals surface area contributed by atoms with Crippen LogP contribution >= 0.6 is 0 Å². The van der Waals surface area contributed by atoms with E-state index >= 15 is 0 Å².